The van der Waals surface area contributed by atoms with Crippen LogP contribution in [0.2, 0.25) is 5.02 Å². The SMILES string of the molecule is CC(C)C(NC(=O)c1ccc(Cl)cc1)C(=O)Nc1ccc(-n2cncn2)cc1. The maximum absolute atomic E-state index is 12.7. The van der Waals surface area contributed by atoms with Crippen molar-refractivity contribution in [3.05, 3.63) is 71.8 Å². The molecule has 0 bridgehead atoms. The second-order valence-electron chi connectivity index (χ2n) is 6.58. The fourth-order valence-corrected chi connectivity index (χ4v) is 2.75. The average Bonchev–Trinajstić information content (AvgIpc) is 3.21. The molecule has 1 atom stereocenters. The molecule has 1 heterocycles. The van der Waals surface area contributed by atoms with Crippen LogP contribution in [-0.4, -0.2) is 32.6 Å². The summed E-state index contributed by atoms with van der Waals surface area (Å²) >= 11 is 5.85. The van der Waals surface area contributed by atoms with Crippen LogP contribution < -0.4 is 10.6 Å². The Balaban J connectivity index is 1.67. The average molecular weight is 398 g/mol. The van der Waals surface area contributed by atoms with Crippen LogP contribution >= 0.6 is 11.6 Å². The third-order valence-corrected chi connectivity index (χ3v) is 4.41. The van der Waals surface area contributed by atoms with Gasteiger partial charge in [0.05, 0.1) is 5.69 Å². The van der Waals surface area contributed by atoms with Gasteiger partial charge >= 0.3 is 0 Å². The number of amides is 2. The van der Waals surface area contributed by atoms with E-state index in [1.165, 1.54) is 6.33 Å². The number of halogens is 1. The molecule has 0 radical (unpaired) electrons. The molecular formula is C20H20ClN5O2. The van der Waals surface area contributed by atoms with E-state index in [-0.39, 0.29) is 17.7 Å². The van der Waals surface area contributed by atoms with Crippen molar-refractivity contribution in [3.8, 4) is 5.69 Å². The molecule has 0 fully saturated rings. The zero-order valence-electron chi connectivity index (χ0n) is 15.5. The number of benzene rings is 2. The number of carbonyl (C=O) groups excluding carboxylic acids is 2. The summed E-state index contributed by atoms with van der Waals surface area (Å²) in [7, 11) is 0. The number of carbonyl (C=O) groups is 2. The normalized spacial score (nSPS) is 11.9. The summed E-state index contributed by atoms with van der Waals surface area (Å²) in [4.78, 5) is 29.1. The Kier molecular flexibility index (Phi) is 6.06. The van der Waals surface area contributed by atoms with Gasteiger partial charge in [0.25, 0.3) is 5.91 Å². The maximum Gasteiger partial charge on any atom is 0.251 e. The Morgan fingerprint density at radius 3 is 2.29 bits per heavy atom. The van der Waals surface area contributed by atoms with Gasteiger partial charge in [-0.1, -0.05) is 25.4 Å². The molecule has 144 valence electrons. The van der Waals surface area contributed by atoms with Crippen molar-refractivity contribution in [2.24, 2.45) is 5.92 Å². The van der Waals surface area contributed by atoms with Gasteiger partial charge in [-0.3, -0.25) is 9.59 Å². The van der Waals surface area contributed by atoms with E-state index in [0.717, 1.165) is 5.69 Å². The molecule has 0 spiro atoms. The highest BCUT2D eigenvalue weighted by Crippen LogP contribution is 2.15. The van der Waals surface area contributed by atoms with E-state index in [1.54, 1.807) is 47.4 Å². The number of aromatic nitrogens is 3. The Labute approximate surface area is 167 Å². The molecule has 0 aliphatic heterocycles. The maximum atomic E-state index is 12.7. The molecular weight excluding hydrogens is 378 g/mol. The van der Waals surface area contributed by atoms with Crippen LogP contribution in [0.3, 0.4) is 0 Å². The number of anilines is 1. The largest absolute Gasteiger partial charge is 0.340 e. The smallest absolute Gasteiger partial charge is 0.251 e. The third kappa shape index (κ3) is 4.75. The molecule has 0 saturated carbocycles. The molecule has 3 aromatic rings. The summed E-state index contributed by atoms with van der Waals surface area (Å²) in [6, 6.07) is 13.0. The quantitative estimate of drug-likeness (QED) is 0.667. The van der Waals surface area contributed by atoms with Crippen LogP contribution in [0, 0.1) is 5.92 Å². The van der Waals surface area contributed by atoms with Crippen LogP contribution in [0.15, 0.2) is 61.2 Å². The van der Waals surface area contributed by atoms with Crippen LogP contribution in [0.25, 0.3) is 5.69 Å². The van der Waals surface area contributed by atoms with E-state index in [2.05, 4.69) is 20.7 Å². The van der Waals surface area contributed by atoms with E-state index >= 15 is 0 Å². The van der Waals surface area contributed by atoms with Gasteiger partial charge in [0.15, 0.2) is 0 Å². The van der Waals surface area contributed by atoms with E-state index in [4.69, 9.17) is 11.6 Å². The molecule has 1 unspecified atom stereocenters. The van der Waals surface area contributed by atoms with Gasteiger partial charge in [-0.15, -0.1) is 0 Å². The molecule has 2 amide bonds. The van der Waals surface area contributed by atoms with Gasteiger partial charge in [-0.25, -0.2) is 9.67 Å². The monoisotopic (exact) mass is 397 g/mol. The zero-order valence-corrected chi connectivity index (χ0v) is 16.2. The highest BCUT2D eigenvalue weighted by Gasteiger charge is 2.24. The number of nitrogens with one attached hydrogen (secondary N) is 2. The zero-order chi connectivity index (χ0) is 20.1. The fraction of sp³-hybridized carbons (Fsp3) is 0.200. The van der Waals surface area contributed by atoms with Crippen molar-refractivity contribution in [2.75, 3.05) is 5.32 Å². The minimum absolute atomic E-state index is 0.0920. The summed E-state index contributed by atoms with van der Waals surface area (Å²) < 4.78 is 1.62. The first-order valence-electron chi connectivity index (χ1n) is 8.76. The highest BCUT2D eigenvalue weighted by molar-refractivity contribution is 6.30. The lowest BCUT2D eigenvalue weighted by molar-refractivity contribution is -0.118. The third-order valence-electron chi connectivity index (χ3n) is 4.16. The molecule has 0 aliphatic rings. The Morgan fingerprint density at radius 2 is 1.71 bits per heavy atom. The van der Waals surface area contributed by atoms with E-state index in [1.807, 2.05) is 26.0 Å². The van der Waals surface area contributed by atoms with Gasteiger partial charge in [0.2, 0.25) is 5.91 Å². The lowest BCUT2D eigenvalue weighted by Gasteiger charge is -2.22. The molecule has 7 nitrogen and oxygen atoms in total. The molecule has 3 rings (SSSR count). The lowest BCUT2D eigenvalue weighted by atomic mass is 10.0. The van der Waals surface area contributed by atoms with E-state index in [9.17, 15) is 9.59 Å². The minimum atomic E-state index is -0.682. The van der Waals surface area contributed by atoms with Crippen molar-refractivity contribution in [2.45, 2.75) is 19.9 Å². The van der Waals surface area contributed by atoms with Crippen LogP contribution in [0.1, 0.15) is 24.2 Å². The van der Waals surface area contributed by atoms with Gasteiger partial charge in [-0.2, -0.15) is 5.10 Å². The summed E-state index contributed by atoms with van der Waals surface area (Å²) in [5.41, 5.74) is 1.90. The first-order valence-corrected chi connectivity index (χ1v) is 9.14. The standard InChI is InChI=1S/C20H20ClN5O2/c1-13(2)18(25-19(27)14-3-5-15(21)6-4-14)20(28)24-16-7-9-17(10-8-16)26-12-22-11-23-26/h3-13,18H,1-2H3,(H,24,28)(H,25,27). The Bertz CT molecular complexity index is 938. The summed E-state index contributed by atoms with van der Waals surface area (Å²) in [5, 5.41) is 10.2. The number of nitrogens with zero attached hydrogens (tertiary/aromatic N) is 3. The van der Waals surface area contributed by atoms with Crippen molar-refractivity contribution >= 4 is 29.1 Å². The molecule has 2 N–H and O–H groups in total. The predicted molar refractivity (Wildman–Crippen MR) is 108 cm³/mol. The Morgan fingerprint density at radius 1 is 1.04 bits per heavy atom. The lowest BCUT2D eigenvalue weighted by Crippen LogP contribution is -2.47. The molecule has 28 heavy (non-hydrogen) atoms. The van der Waals surface area contributed by atoms with Crippen LogP contribution in [0.5, 0.6) is 0 Å². The molecule has 0 saturated heterocycles. The van der Waals surface area contributed by atoms with Crippen LogP contribution in [0.4, 0.5) is 5.69 Å². The van der Waals surface area contributed by atoms with Gasteiger partial charge in [0.1, 0.15) is 18.7 Å². The summed E-state index contributed by atoms with van der Waals surface area (Å²) in [6.07, 6.45) is 3.04. The second kappa shape index (κ2) is 8.67. The van der Waals surface area contributed by atoms with Crippen molar-refractivity contribution in [1.82, 2.24) is 20.1 Å². The number of rotatable bonds is 6. The highest BCUT2D eigenvalue weighted by atomic mass is 35.5. The van der Waals surface area contributed by atoms with E-state index < -0.39 is 6.04 Å². The van der Waals surface area contributed by atoms with Crippen molar-refractivity contribution in [1.29, 1.82) is 0 Å². The topological polar surface area (TPSA) is 88.9 Å². The van der Waals surface area contributed by atoms with Crippen molar-refractivity contribution < 1.29 is 9.59 Å². The predicted octanol–water partition coefficient (Wildman–Crippen LogP) is 3.31. The van der Waals surface area contributed by atoms with Gasteiger partial charge in [-0.05, 0) is 54.4 Å². The summed E-state index contributed by atoms with van der Waals surface area (Å²) in [6.45, 7) is 3.75. The minimum Gasteiger partial charge on any atom is -0.340 e. The Hall–Kier alpha value is -3.19. The van der Waals surface area contributed by atoms with Gasteiger partial charge in [0, 0.05) is 16.3 Å². The molecule has 8 heteroatoms. The first-order chi connectivity index (χ1) is 13.4. The summed E-state index contributed by atoms with van der Waals surface area (Å²) in [5.74, 6) is -0.705. The first kappa shape index (κ1) is 19.6. The van der Waals surface area contributed by atoms with Gasteiger partial charge < -0.3 is 10.6 Å². The van der Waals surface area contributed by atoms with Crippen LogP contribution in [-0.2, 0) is 4.79 Å². The fourth-order valence-electron chi connectivity index (χ4n) is 2.62. The molecule has 2 aromatic carbocycles. The number of hydrogen-bond donors (Lipinski definition) is 2. The van der Waals surface area contributed by atoms with E-state index in [0.29, 0.717) is 16.3 Å². The number of hydrogen-bond acceptors (Lipinski definition) is 4. The second-order valence-corrected chi connectivity index (χ2v) is 7.01. The van der Waals surface area contributed by atoms with Crippen molar-refractivity contribution in [3.63, 3.8) is 0 Å². The molecule has 1 aromatic heterocycles. The molecule has 0 aliphatic carbocycles.